The Bertz CT molecular complexity index is 999. The van der Waals surface area contributed by atoms with Gasteiger partial charge in [-0.05, 0) is 54.5 Å². The Morgan fingerprint density at radius 3 is 2.52 bits per heavy atom. The Morgan fingerprint density at radius 1 is 0.963 bits per heavy atom. The number of carbonyl (C=O) groups is 1. The lowest BCUT2D eigenvalue weighted by Crippen LogP contribution is -2.48. The molecule has 0 bridgehead atoms. The third kappa shape index (κ3) is 2.95. The summed E-state index contributed by atoms with van der Waals surface area (Å²) in [6.45, 7) is 1.80. The van der Waals surface area contributed by atoms with E-state index in [9.17, 15) is 13.2 Å². The second-order valence-electron chi connectivity index (χ2n) is 8.11. The van der Waals surface area contributed by atoms with Gasteiger partial charge >= 0.3 is 0 Å². The summed E-state index contributed by atoms with van der Waals surface area (Å²) in [6.07, 6.45) is 3.84. The van der Waals surface area contributed by atoms with Crippen LogP contribution in [-0.2, 0) is 14.8 Å². The van der Waals surface area contributed by atoms with E-state index in [1.807, 2.05) is 35.2 Å². The molecule has 2 aliphatic heterocycles. The van der Waals surface area contributed by atoms with Gasteiger partial charge in [-0.15, -0.1) is 0 Å². The van der Waals surface area contributed by atoms with E-state index < -0.39 is 10.0 Å². The molecule has 0 unspecified atom stereocenters. The summed E-state index contributed by atoms with van der Waals surface area (Å²) < 4.78 is 28.5. The average Bonchev–Trinajstić information content (AvgIpc) is 3.44. The fourth-order valence-electron chi connectivity index (χ4n) is 4.67. The number of hydrogen-bond donors (Lipinski definition) is 0. The maximum Gasteiger partial charge on any atom is 0.243 e. The maximum absolute atomic E-state index is 13.4. The molecule has 2 heterocycles. The summed E-state index contributed by atoms with van der Waals surface area (Å²) in [5.74, 6) is 0.680. The molecule has 142 valence electrons. The van der Waals surface area contributed by atoms with E-state index in [2.05, 4.69) is 0 Å². The van der Waals surface area contributed by atoms with Crippen LogP contribution in [0.15, 0.2) is 47.4 Å². The Kier molecular flexibility index (Phi) is 4.02. The van der Waals surface area contributed by atoms with Crippen LogP contribution in [0.1, 0.15) is 25.7 Å². The summed E-state index contributed by atoms with van der Waals surface area (Å²) in [5, 5.41) is 1.97. The van der Waals surface area contributed by atoms with Crippen molar-refractivity contribution in [2.45, 2.75) is 36.6 Å². The van der Waals surface area contributed by atoms with Gasteiger partial charge in [0, 0.05) is 31.6 Å². The van der Waals surface area contributed by atoms with Crippen molar-refractivity contribution in [2.24, 2.45) is 11.8 Å². The highest BCUT2D eigenvalue weighted by Crippen LogP contribution is 2.38. The summed E-state index contributed by atoms with van der Waals surface area (Å²) >= 11 is 0. The van der Waals surface area contributed by atoms with Crippen molar-refractivity contribution in [3.05, 3.63) is 42.5 Å². The molecule has 5 rings (SSSR count). The van der Waals surface area contributed by atoms with Crippen LogP contribution in [-0.4, -0.2) is 49.2 Å². The van der Waals surface area contributed by atoms with Crippen LogP contribution in [0.2, 0.25) is 0 Å². The molecule has 0 radical (unpaired) electrons. The second-order valence-corrected chi connectivity index (χ2v) is 10.0. The molecule has 3 aliphatic rings. The van der Waals surface area contributed by atoms with Crippen molar-refractivity contribution in [1.82, 2.24) is 9.21 Å². The normalized spacial score (nSPS) is 26.3. The first-order valence-corrected chi connectivity index (χ1v) is 11.3. The highest BCUT2D eigenvalue weighted by molar-refractivity contribution is 7.89. The van der Waals surface area contributed by atoms with E-state index in [0.29, 0.717) is 24.5 Å². The lowest BCUT2D eigenvalue weighted by Gasteiger charge is -2.35. The van der Waals surface area contributed by atoms with Crippen LogP contribution in [0.4, 0.5) is 0 Å². The number of fused-ring (bicyclic) bond motifs is 2. The van der Waals surface area contributed by atoms with Gasteiger partial charge in [0.2, 0.25) is 15.9 Å². The van der Waals surface area contributed by atoms with Crippen molar-refractivity contribution >= 4 is 26.7 Å². The van der Waals surface area contributed by atoms with Gasteiger partial charge in [0.1, 0.15) is 0 Å². The predicted molar refractivity (Wildman–Crippen MR) is 104 cm³/mol. The first-order valence-electron chi connectivity index (χ1n) is 9.83. The quantitative estimate of drug-likeness (QED) is 0.818. The van der Waals surface area contributed by atoms with Gasteiger partial charge in [-0.25, -0.2) is 8.42 Å². The average molecular weight is 385 g/mol. The number of likely N-dealkylation sites (tertiary alicyclic amines) is 1. The SMILES string of the molecule is O=C(C1CC1)N1C[C@H]2CCCN(S(=O)(=O)c3ccc4ccccc4c3)[C@H]2C1. The molecule has 27 heavy (non-hydrogen) atoms. The molecule has 2 aromatic carbocycles. The molecule has 1 saturated carbocycles. The molecule has 2 aromatic rings. The molecular formula is C21H24N2O3S. The molecule has 0 N–H and O–H groups in total. The van der Waals surface area contributed by atoms with E-state index in [1.165, 1.54) is 0 Å². The third-order valence-corrected chi connectivity index (χ3v) is 8.22. The zero-order valence-corrected chi connectivity index (χ0v) is 16.1. The Balaban J connectivity index is 1.45. The van der Waals surface area contributed by atoms with Crippen molar-refractivity contribution in [3.8, 4) is 0 Å². The summed E-state index contributed by atoms with van der Waals surface area (Å²) in [7, 11) is -3.57. The Morgan fingerprint density at radius 2 is 1.74 bits per heavy atom. The molecule has 6 heteroatoms. The summed E-state index contributed by atoms with van der Waals surface area (Å²) in [4.78, 5) is 14.8. The van der Waals surface area contributed by atoms with Crippen LogP contribution in [0.25, 0.3) is 10.8 Å². The lowest BCUT2D eigenvalue weighted by molar-refractivity contribution is -0.131. The maximum atomic E-state index is 13.4. The number of rotatable bonds is 3. The first kappa shape index (κ1) is 17.2. The second kappa shape index (κ2) is 6.31. The van der Waals surface area contributed by atoms with Crippen LogP contribution < -0.4 is 0 Å². The molecule has 1 amide bonds. The smallest absolute Gasteiger partial charge is 0.243 e. The van der Waals surface area contributed by atoms with E-state index in [4.69, 9.17) is 0 Å². The first-order chi connectivity index (χ1) is 13.0. The number of hydrogen-bond acceptors (Lipinski definition) is 3. The molecule has 2 atom stereocenters. The molecule has 2 saturated heterocycles. The van der Waals surface area contributed by atoms with Gasteiger partial charge in [0.05, 0.1) is 4.90 Å². The zero-order valence-electron chi connectivity index (χ0n) is 15.3. The molecule has 1 aliphatic carbocycles. The summed E-state index contributed by atoms with van der Waals surface area (Å²) in [5.41, 5.74) is 0. The number of carbonyl (C=O) groups excluding carboxylic acids is 1. The largest absolute Gasteiger partial charge is 0.340 e. The topological polar surface area (TPSA) is 57.7 Å². The fraction of sp³-hybridized carbons (Fsp3) is 0.476. The number of benzene rings is 2. The number of nitrogens with zero attached hydrogens (tertiary/aromatic N) is 2. The standard InChI is InChI=1S/C21H24N2O3S/c24-21(16-7-8-16)22-13-18-6-3-11-23(20(18)14-22)27(25,26)19-10-9-15-4-1-2-5-17(15)12-19/h1-2,4-5,9-10,12,16,18,20H,3,6-8,11,13-14H2/t18-,20+/m1/s1. The lowest BCUT2D eigenvalue weighted by atomic mass is 9.94. The van der Waals surface area contributed by atoms with Gasteiger partial charge in [0.25, 0.3) is 0 Å². The highest BCUT2D eigenvalue weighted by atomic mass is 32.2. The monoisotopic (exact) mass is 384 g/mol. The molecule has 5 nitrogen and oxygen atoms in total. The molecule has 3 fully saturated rings. The van der Waals surface area contributed by atoms with Crippen molar-refractivity contribution in [1.29, 1.82) is 0 Å². The van der Waals surface area contributed by atoms with Gasteiger partial charge in [0.15, 0.2) is 0 Å². The zero-order chi connectivity index (χ0) is 18.6. The van der Waals surface area contributed by atoms with E-state index in [-0.39, 0.29) is 23.8 Å². The van der Waals surface area contributed by atoms with E-state index in [1.54, 1.807) is 16.4 Å². The number of sulfonamides is 1. The minimum atomic E-state index is -3.57. The van der Waals surface area contributed by atoms with Crippen molar-refractivity contribution < 1.29 is 13.2 Å². The minimum absolute atomic E-state index is 0.0853. The molecular weight excluding hydrogens is 360 g/mol. The van der Waals surface area contributed by atoms with E-state index in [0.717, 1.165) is 36.5 Å². The Labute approximate surface area is 160 Å². The number of piperidine rings is 1. The van der Waals surface area contributed by atoms with Gasteiger partial charge in [-0.2, -0.15) is 4.31 Å². The fourth-order valence-corrected chi connectivity index (χ4v) is 6.42. The van der Waals surface area contributed by atoms with Crippen LogP contribution in [0.5, 0.6) is 0 Å². The Hall–Kier alpha value is -1.92. The van der Waals surface area contributed by atoms with E-state index >= 15 is 0 Å². The van der Waals surface area contributed by atoms with Gasteiger partial charge in [-0.3, -0.25) is 4.79 Å². The highest BCUT2D eigenvalue weighted by Gasteiger charge is 2.47. The third-order valence-electron chi connectivity index (χ3n) is 6.30. The van der Waals surface area contributed by atoms with Gasteiger partial charge in [-0.1, -0.05) is 30.3 Å². The molecule has 0 spiro atoms. The number of amides is 1. The van der Waals surface area contributed by atoms with Crippen molar-refractivity contribution in [2.75, 3.05) is 19.6 Å². The molecule has 0 aromatic heterocycles. The minimum Gasteiger partial charge on any atom is -0.340 e. The van der Waals surface area contributed by atoms with Crippen LogP contribution in [0.3, 0.4) is 0 Å². The van der Waals surface area contributed by atoms with Crippen LogP contribution >= 0.6 is 0 Å². The van der Waals surface area contributed by atoms with Crippen LogP contribution in [0, 0.1) is 11.8 Å². The van der Waals surface area contributed by atoms with Crippen molar-refractivity contribution in [3.63, 3.8) is 0 Å². The van der Waals surface area contributed by atoms with Gasteiger partial charge < -0.3 is 4.90 Å². The summed E-state index contributed by atoms with van der Waals surface area (Å²) in [6, 6.07) is 13.1. The predicted octanol–water partition coefficient (Wildman–Crippen LogP) is 2.86.